The van der Waals surface area contributed by atoms with Crippen molar-refractivity contribution in [2.75, 3.05) is 13.1 Å². The Labute approximate surface area is 139 Å². The molecule has 2 amide bonds. The number of hydrogen-bond donors (Lipinski definition) is 1. The molecule has 0 bridgehead atoms. The number of nitrogens with zero attached hydrogens (tertiary/aromatic N) is 1. The molecule has 0 aromatic heterocycles. The Balaban J connectivity index is 1.89. The van der Waals surface area contributed by atoms with Crippen molar-refractivity contribution in [3.05, 3.63) is 35.4 Å². The van der Waals surface area contributed by atoms with Crippen LogP contribution in [0.1, 0.15) is 44.7 Å². The zero-order valence-corrected chi connectivity index (χ0v) is 14.7. The van der Waals surface area contributed by atoms with Gasteiger partial charge < -0.3 is 10.2 Å². The van der Waals surface area contributed by atoms with E-state index in [0.717, 1.165) is 24.9 Å². The SMILES string of the molecule is Cc1ccc(CNC(=O)[C@@H]2CCCN(C(=O)C(C)(C)C)C2)cc1. The second-order valence-corrected chi connectivity index (χ2v) is 7.54. The first-order chi connectivity index (χ1) is 10.8. The van der Waals surface area contributed by atoms with Crippen LogP contribution in [0, 0.1) is 18.3 Å². The summed E-state index contributed by atoms with van der Waals surface area (Å²) in [5.41, 5.74) is 1.92. The van der Waals surface area contributed by atoms with Gasteiger partial charge in [0.15, 0.2) is 0 Å². The van der Waals surface area contributed by atoms with E-state index in [2.05, 4.69) is 5.32 Å². The highest BCUT2D eigenvalue weighted by molar-refractivity contribution is 5.83. The van der Waals surface area contributed by atoms with Gasteiger partial charge in [0.2, 0.25) is 11.8 Å². The van der Waals surface area contributed by atoms with Crippen molar-refractivity contribution >= 4 is 11.8 Å². The fourth-order valence-corrected chi connectivity index (χ4v) is 2.89. The Hall–Kier alpha value is -1.84. The molecule has 1 aliphatic rings. The molecule has 1 fully saturated rings. The van der Waals surface area contributed by atoms with Crippen LogP contribution in [0.5, 0.6) is 0 Å². The molecule has 1 saturated heterocycles. The largest absolute Gasteiger partial charge is 0.352 e. The zero-order valence-electron chi connectivity index (χ0n) is 14.7. The molecule has 1 N–H and O–H groups in total. The van der Waals surface area contributed by atoms with E-state index in [4.69, 9.17) is 0 Å². The van der Waals surface area contributed by atoms with Crippen LogP contribution >= 0.6 is 0 Å². The first-order valence-electron chi connectivity index (χ1n) is 8.40. The standard InChI is InChI=1S/C19H28N2O2/c1-14-7-9-15(10-8-14)12-20-17(22)16-6-5-11-21(13-16)18(23)19(2,3)4/h7-10,16H,5-6,11-13H2,1-4H3,(H,20,22)/t16-/m1/s1. The van der Waals surface area contributed by atoms with Crippen molar-refractivity contribution in [1.29, 1.82) is 0 Å². The summed E-state index contributed by atoms with van der Waals surface area (Å²) in [4.78, 5) is 26.6. The number of likely N-dealkylation sites (tertiary alicyclic amines) is 1. The Morgan fingerprint density at radius 1 is 1.22 bits per heavy atom. The zero-order chi connectivity index (χ0) is 17.0. The van der Waals surface area contributed by atoms with Crippen LogP contribution < -0.4 is 5.32 Å². The predicted molar refractivity (Wildman–Crippen MR) is 91.8 cm³/mol. The number of benzene rings is 1. The lowest BCUT2D eigenvalue weighted by molar-refractivity contribution is -0.142. The van der Waals surface area contributed by atoms with Crippen LogP contribution in [0.3, 0.4) is 0 Å². The Morgan fingerprint density at radius 3 is 2.48 bits per heavy atom. The summed E-state index contributed by atoms with van der Waals surface area (Å²) in [7, 11) is 0. The number of amides is 2. The van der Waals surface area contributed by atoms with Crippen LogP contribution in [0.15, 0.2) is 24.3 Å². The molecule has 1 aliphatic heterocycles. The highest BCUT2D eigenvalue weighted by atomic mass is 16.2. The third kappa shape index (κ3) is 4.81. The van der Waals surface area contributed by atoms with E-state index in [1.807, 2.05) is 56.9 Å². The summed E-state index contributed by atoms with van der Waals surface area (Å²) in [6.45, 7) is 9.67. The number of piperidine rings is 1. The van der Waals surface area contributed by atoms with E-state index >= 15 is 0 Å². The number of aryl methyl sites for hydroxylation is 1. The van der Waals surface area contributed by atoms with E-state index in [-0.39, 0.29) is 23.1 Å². The minimum atomic E-state index is -0.389. The Bertz CT molecular complexity index is 558. The average molecular weight is 316 g/mol. The fourth-order valence-electron chi connectivity index (χ4n) is 2.89. The minimum absolute atomic E-state index is 0.0528. The molecule has 1 aromatic carbocycles. The van der Waals surface area contributed by atoms with E-state index in [9.17, 15) is 9.59 Å². The molecule has 1 atom stereocenters. The molecule has 4 nitrogen and oxygen atoms in total. The van der Waals surface area contributed by atoms with Crippen LogP contribution in [0.4, 0.5) is 0 Å². The summed E-state index contributed by atoms with van der Waals surface area (Å²) < 4.78 is 0. The van der Waals surface area contributed by atoms with Crippen molar-refractivity contribution in [3.63, 3.8) is 0 Å². The maximum atomic E-state index is 12.4. The van der Waals surface area contributed by atoms with Gasteiger partial charge >= 0.3 is 0 Å². The van der Waals surface area contributed by atoms with E-state index in [0.29, 0.717) is 13.1 Å². The Kier molecular flexibility index (Phi) is 5.45. The average Bonchev–Trinajstić information content (AvgIpc) is 2.52. The summed E-state index contributed by atoms with van der Waals surface area (Å²) >= 11 is 0. The number of carbonyl (C=O) groups is 2. The third-order valence-corrected chi connectivity index (χ3v) is 4.31. The molecule has 1 aromatic rings. The van der Waals surface area contributed by atoms with Gasteiger partial charge in [-0.05, 0) is 25.3 Å². The van der Waals surface area contributed by atoms with Crippen molar-refractivity contribution in [3.8, 4) is 0 Å². The quantitative estimate of drug-likeness (QED) is 0.932. The molecule has 2 rings (SSSR count). The normalized spacial score (nSPS) is 18.6. The van der Waals surface area contributed by atoms with Gasteiger partial charge in [-0.15, -0.1) is 0 Å². The molecular weight excluding hydrogens is 288 g/mol. The number of carbonyl (C=O) groups excluding carboxylic acids is 2. The summed E-state index contributed by atoms with van der Waals surface area (Å²) in [6.07, 6.45) is 1.75. The molecule has 0 spiro atoms. The summed E-state index contributed by atoms with van der Waals surface area (Å²) in [5.74, 6) is 0.0889. The lowest BCUT2D eigenvalue weighted by Crippen LogP contribution is -2.48. The molecular formula is C19H28N2O2. The van der Waals surface area contributed by atoms with Gasteiger partial charge in [0, 0.05) is 25.0 Å². The van der Waals surface area contributed by atoms with Gasteiger partial charge in [-0.1, -0.05) is 50.6 Å². The van der Waals surface area contributed by atoms with Crippen molar-refractivity contribution < 1.29 is 9.59 Å². The predicted octanol–water partition coefficient (Wildman–Crippen LogP) is 2.90. The second kappa shape index (κ2) is 7.16. The third-order valence-electron chi connectivity index (χ3n) is 4.31. The number of nitrogens with one attached hydrogen (secondary N) is 1. The molecule has 0 unspecified atom stereocenters. The highest BCUT2D eigenvalue weighted by Crippen LogP contribution is 2.23. The highest BCUT2D eigenvalue weighted by Gasteiger charge is 2.33. The van der Waals surface area contributed by atoms with Gasteiger partial charge in [-0.2, -0.15) is 0 Å². The second-order valence-electron chi connectivity index (χ2n) is 7.54. The maximum absolute atomic E-state index is 12.4. The van der Waals surface area contributed by atoms with E-state index in [1.165, 1.54) is 5.56 Å². The summed E-state index contributed by atoms with van der Waals surface area (Å²) in [5, 5.41) is 3.01. The van der Waals surface area contributed by atoms with Crippen molar-refractivity contribution in [1.82, 2.24) is 10.2 Å². The van der Waals surface area contributed by atoms with Crippen molar-refractivity contribution in [2.24, 2.45) is 11.3 Å². The molecule has 0 saturated carbocycles. The molecule has 1 heterocycles. The van der Waals surface area contributed by atoms with E-state index in [1.54, 1.807) is 0 Å². The first kappa shape index (κ1) is 17.5. The van der Waals surface area contributed by atoms with Crippen LogP contribution in [0.25, 0.3) is 0 Å². The van der Waals surface area contributed by atoms with Crippen LogP contribution in [0.2, 0.25) is 0 Å². The molecule has 4 heteroatoms. The van der Waals surface area contributed by atoms with Crippen LogP contribution in [-0.2, 0) is 16.1 Å². The number of rotatable bonds is 3. The lowest BCUT2D eigenvalue weighted by Gasteiger charge is -2.35. The van der Waals surface area contributed by atoms with Gasteiger partial charge in [0.25, 0.3) is 0 Å². The monoisotopic (exact) mass is 316 g/mol. The van der Waals surface area contributed by atoms with Gasteiger partial charge in [0.05, 0.1) is 5.92 Å². The molecule has 0 radical (unpaired) electrons. The van der Waals surface area contributed by atoms with Gasteiger partial charge in [-0.25, -0.2) is 0 Å². The first-order valence-corrected chi connectivity index (χ1v) is 8.40. The van der Waals surface area contributed by atoms with E-state index < -0.39 is 0 Å². The Morgan fingerprint density at radius 2 is 1.87 bits per heavy atom. The van der Waals surface area contributed by atoms with Crippen molar-refractivity contribution in [2.45, 2.75) is 47.1 Å². The molecule has 126 valence electrons. The smallest absolute Gasteiger partial charge is 0.227 e. The van der Waals surface area contributed by atoms with Crippen LogP contribution in [-0.4, -0.2) is 29.8 Å². The molecule has 0 aliphatic carbocycles. The minimum Gasteiger partial charge on any atom is -0.352 e. The fraction of sp³-hybridized carbons (Fsp3) is 0.579. The van der Waals surface area contributed by atoms with Gasteiger partial charge in [0.1, 0.15) is 0 Å². The maximum Gasteiger partial charge on any atom is 0.227 e. The number of hydrogen-bond acceptors (Lipinski definition) is 2. The lowest BCUT2D eigenvalue weighted by atomic mass is 9.91. The van der Waals surface area contributed by atoms with Gasteiger partial charge in [-0.3, -0.25) is 9.59 Å². The topological polar surface area (TPSA) is 49.4 Å². The summed E-state index contributed by atoms with van der Waals surface area (Å²) in [6, 6.07) is 8.16. The molecule has 23 heavy (non-hydrogen) atoms.